The summed E-state index contributed by atoms with van der Waals surface area (Å²) in [6.07, 6.45) is 0. The summed E-state index contributed by atoms with van der Waals surface area (Å²) in [4.78, 5) is 25.7. The summed E-state index contributed by atoms with van der Waals surface area (Å²) in [5.41, 5.74) is 4.71. The van der Waals surface area contributed by atoms with Gasteiger partial charge in [0, 0.05) is 16.4 Å². The van der Waals surface area contributed by atoms with Crippen molar-refractivity contribution in [2.75, 3.05) is 24.2 Å². The molecule has 1 unspecified atom stereocenters. The molecule has 0 fully saturated rings. The van der Waals surface area contributed by atoms with Crippen LogP contribution in [-0.2, 0) is 9.59 Å². The third-order valence-corrected chi connectivity index (χ3v) is 4.84. The molecule has 0 bridgehead atoms. The minimum atomic E-state index is -0.394. The number of hydrogen-bond acceptors (Lipinski definition) is 2. The minimum absolute atomic E-state index is 0.120. The van der Waals surface area contributed by atoms with E-state index in [0.717, 1.165) is 27.3 Å². The smallest absolute Gasteiger partial charge is 0.282 e. The summed E-state index contributed by atoms with van der Waals surface area (Å²) in [6, 6.07) is 10.7. The number of aryl methyl sites for hydroxylation is 3. The number of nitrogens with one attached hydrogen (secondary N) is 3. The van der Waals surface area contributed by atoms with Crippen molar-refractivity contribution in [2.45, 2.75) is 33.7 Å². The first-order chi connectivity index (χ1) is 12.7. The number of rotatable bonds is 6. The number of benzene rings is 2. The van der Waals surface area contributed by atoms with Gasteiger partial charge in [0.05, 0.1) is 7.05 Å². The van der Waals surface area contributed by atoms with Gasteiger partial charge in [0.1, 0.15) is 0 Å². The standard InChI is InChI=1S/C21H26ClN3O2/c1-13-9-14(2)20(15(3)10-13)24-19(26)12-25(5)16(4)21(27)23-18-8-6-7-17(22)11-18/h6-11,16H,12H2,1-5H3,(H,23,27)(H,24,26)/p+1/t16-/m1/s1. The number of anilines is 2. The quantitative estimate of drug-likeness (QED) is 0.712. The van der Waals surface area contributed by atoms with Crippen LogP contribution in [0.15, 0.2) is 36.4 Å². The van der Waals surface area contributed by atoms with Crippen LogP contribution in [0.1, 0.15) is 23.6 Å². The second-order valence-electron chi connectivity index (χ2n) is 7.07. The predicted octanol–water partition coefficient (Wildman–Crippen LogP) is 2.75. The zero-order valence-electron chi connectivity index (χ0n) is 16.4. The number of quaternary nitrogens is 1. The molecular formula is C21H27ClN3O2+. The van der Waals surface area contributed by atoms with Crippen LogP contribution >= 0.6 is 11.6 Å². The monoisotopic (exact) mass is 388 g/mol. The lowest BCUT2D eigenvalue weighted by molar-refractivity contribution is -0.885. The summed E-state index contributed by atoms with van der Waals surface area (Å²) in [5.74, 6) is -0.282. The van der Waals surface area contributed by atoms with Crippen LogP contribution in [0.4, 0.5) is 11.4 Å². The van der Waals surface area contributed by atoms with E-state index >= 15 is 0 Å². The van der Waals surface area contributed by atoms with Crippen molar-refractivity contribution >= 4 is 34.8 Å². The van der Waals surface area contributed by atoms with E-state index in [1.54, 1.807) is 31.2 Å². The van der Waals surface area contributed by atoms with Crippen LogP contribution < -0.4 is 15.5 Å². The molecule has 0 aliphatic heterocycles. The molecule has 0 aliphatic rings. The van der Waals surface area contributed by atoms with Crippen LogP contribution in [0.5, 0.6) is 0 Å². The van der Waals surface area contributed by atoms with Crippen molar-refractivity contribution in [2.24, 2.45) is 0 Å². The van der Waals surface area contributed by atoms with E-state index in [-0.39, 0.29) is 18.4 Å². The fourth-order valence-corrected chi connectivity index (χ4v) is 3.20. The first-order valence-electron chi connectivity index (χ1n) is 8.94. The molecule has 0 aliphatic carbocycles. The number of amides is 2. The van der Waals surface area contributed by atoms with E-state index in [9.17, 15) is 9.59 Å². The molecule has 2 amide bonds. The Labute approximate surface area is 165 Å². The van der Waals surface area contributed by atoms with Crippen LogP contribution in [-0.4, -0.2) is 31.4 Å². The van der Waals surface area contributed by atoms with Crippen molar-refractivity contribution < 1.29 is 14.5 Å². The highest BCUT2D eigenvalue weighted by molar-refractivity contribution is 6.30. The Hall–Kier alpha value is -2.37. The van der Waals surface area contributed by atoms with Crippen molar-refractivity contribution in [3.63, 3.8) is 0 Å². The van der Waals surface area contributed by atoms with Gasteiger partial charge in [-0.2, -0.15) is 0 Å². The molecular weight excluding hydrogens is 362 g/mol. The highest BCUT2D eigenvalue weighted by Gasteiger charge is 2.24. The first-order valence-corrected chi connectivity index (χ1v) is 9.31. The lowest BCUT2D eigenvalue weighted by Crippen LogP contribution is -3.14. The van der Waals surface area contributed by atoms with E-state index < -0.39 is 6.04 Å². The maximum absolute atomic E-state index is 12.5. The molecule has 0 saturated heterocycles. The van der Waals surface area contributed by atoms with Gasteiger partial charge in [0.15, 0.2) is 12.6 Å². The molecule has 0 aromatic heterocycles. The summed E-state index contributed by atoms with van der Waals surface area (Å²) >= 11 is 5.94. The Morgan fingerprint density at radius 3 is 2.30 bits per heavy atom. The lowest BCUT2D eigenvalue weighted by atomic mass is 10.1. The highest BCUT2D eigenvalue weighted by Crippen LogP contribution is 2.21. The number of likely N-dealkylation sites (N-methyl/N-ethyl adjacent to an activating group) is 1. The molecule has 0 saturated carbocycles. The maximum Gasteiger partial charge on any atom is 0.282 e. The largest absolute Gasteiger partial charge is 0.321 e. The number of carbonyl (C=O) groups is 2. The van der Waals surface area contributed by atoms with E-state index in [0.29, 0.717) is 10.7 Å². The fourth-order valence-electron chi connectivity index (χ4n) is 3.01. The molecule has 2 aromatic carbocycles. The van der Waals surface area contributed by atoms with Gasteiger partial charge in [-0.1, -0.05) is 35.4 Å². The number of hydrogen-bond donors (Lipinski definition) is 3. The van der Waals surface area contributed by atoms with Crippen LogP contribution in [0.25, 0.3) is 0 Å². The Balaban J connectivity index is 1.96. The molecule has 2 atom stereocenters. The van der Waals surface area contributed by atoms with Gasteiger partial charge in [0.2, 0.25) is 0 Å². The predicted molar refractivity (Wildman–Crippen MR) is 111 cm³/mol. The average molecular weight is 389 g/mol. The van der Waals surface area contributed by atoms with Crippen molar-refractivity contribution in [1.29, 1.82) is 0 Å². The molecule has 27 heavy (non-hydrogen) atoms. The third kappa shape index (κ3) is 5.81. The molecule has 2 rings (SSSR count). The summed E-state index contributed by atoms with van der Waals surface area (Å²) < 4.78 is 0. The van der Waals surface area contributed by atoms with Crippen LogP contribution in [0, 0.1) is 20.8 Å². The Morgan fingerprint density at radius 2 is 1.70 bits per heavy atom. The SMILES string of the molecule is Cc1cc(C)c(NC(=O)C[NH+](C)[C@H](C)C(=O)Nc2cccc(Cl)c2)c(C)c1. The van der Waals surface area contributed by atoms with E-state index in [2.05, 4.69) is 10.6 Å². The van der Waals surface area contributed by atoms with Gasteiger partial charge in [-0.15, -0.1) is 0 Å². The Kier molecular flexibility index (Phi) is 6.99. The van der Waals surface area contributed by atoms with Crippen LogP contribution in [0.2, 0.25) is 5.02 Å². The van der Waals surface area contributed by atoms with Gasteiger partial charge in [0.25, 0.3) is 11.8 Å². The molecule has 5 nitrogen and oxygen atoms in total. The zero-order chi connectivity index (χ0) is 20.1. The molecule has 0 spiro atoms. The van der Waals surface area contributed by atoms with E-state index in [1.165, 1.54) is 0 Å². The summed E-state index contributed by atoms with van der Waals surface area (Å²) in [6.45, 7) is 7.98. The van der Waals surface area contributed by atoms with Gasteiger partial charge >= 0.3 is 0 Å². The minimum Gasteiger partial charge on any atom is -0.321 e. The highest BCUT2D eigenvalue weighted by atomic mass is 35.5. The van der Waals surface area contributed by atoms with Gasteiger partial charge in [-0.25, -0.2) is 0 Å². The molecule has 6 heteroatoms. The average Bonchev–Trinajstić information content (AvgIpc) is 2.57. The summed E-state index contributed by atoms with van der Waals surface area (Å²) in [5, 5.41) is 6.37. The second kappa shape index (κ2) is 9.02. The first kappa shape index (κ1) is 20.9. The van der Waals surface area contributed by atoms with Crippen molar-refractivity contribution in [3.05, 3.63) is 58.1 Å². The number of halogens is 1. The van der Waals surface area contributed by atoms with Crippen molar-refractivity contribution in [1.82, 2.24) is 0 Å². The number of carbonyl (C=O) groups excluding carboxylic acids is 2. The molecule has 2 aromatic rings. The fraction of sp³-hybridized carbons (Fsp3) is 0.333. The van der Waals surface area contributed by atoms with Gasteiger partial charge in [-0.3, -0.25) is 9.59 Å². The molecule has 144 valence electrons. The summed E-state index contributed by atoms with van der Waals surface area (Å²) in [7, 11) is 1.83. The molecule has 3 N–H and O–H groups in total. The molecule has 0 radical (unpaired) electrons. The van der Waals surface area contributed by atoms with E-state index in [1.807, 2.05) is 40.0 Å². The van der Waals surface area contributed by atoms with Gasteiger partial charge in [-0.05, 0) is 57.0 Å². The Morgan fingerprint density at radius 1 is 1.07 bits per heavy atom. The lowest BCUT2D eigenvalue weighted by Gasteiger charge is -2.21. The molecule has 0 heterocycles. The van der Waals surface area contributed by atoms with E-state index in [4.69, 9.17) is 11.6 Å². The third-order valence-electron chi connectivity index (χ3n) is 4.61. The van der Waals surface area contributed by atoms with Crippen LogP contribution in [0.3, 0.4) is 0 Å². The Bertz CT molecular complexity index is 828. The maximum atomic E-state index is 12.5. The normalized spacial score (nSPS) is 13.0. The topological polar surface area (TPSA) is 62.6 Å². The van der Waals surface area contributed by atoms with Gasteiger partial charge < -0.3 is 15.5 Å². The second-order valence-corrected chi connectivity index (χ2v) is 7.50. The zero-order valence-corrected chi connectivity index (χ0v) is 17.2. The van der Waals surface area contributed by atoms with Crippen molar-refractivity contribution in [3.8, 4) is 0 Å².